The fraction of sp³-hybridized carbons (Fsp3) is 0.500. The summed E-state index contributed by atoms with van der Waals surface area (Å²) in [7, 11) is 1.56. The Morgan fingerprint density at radius 1 is 1.09 bits per heavy atom. The summed E-state index contributed by atoms with van der Waals surface area (Å²) in [5.41, 5.74) is 1.01. The van der Waals surface area contributed by atoms with Gasteiger partial charge in [-0.1, -0.05) is 24.3 Å². The van der Waals surface area contributed by atoms with Gasteiger partial charge >= 0.3 is 5.97 Å². The molecule has 1 unspecified atom stereocenters. The van der Waals surface area contributed by atoms with Gasteiger partial charge in [-0.25, -0.2) is 4.79 Å². The third-order valence-corrected chi connectivity index (χ3v) is 8.26. The highest BCUT2D eigenvalue weighted by atomic mass is 16.5. The molecule has 1 saturated heterocycles. The van der Waals surface area contributed by atoms with Crippen molar-refractivity contribution in [2.75, 3.05) is 33.3 Å². The number of nitrogens with one attached hydrogen (secondary N) is 1. The van der Waals surface area contributed by atoms with Crippen molar-refractivity contribution in [2.45, 2.75) is 76.7 Å². The topological polar surface area (TPSA) is 125 Å². The number of ketones is 1. The van der Waals surface area contributed by atoms with Crippen molar-refractivity contribution in [3.8, 4) is 17.2 Å². The number of benzene rings is 2. The standard InChI is InChI=1S/C34H44N2O7/c1-23-9-8-12-26(37)11-5-3-4-10-25-21-29(38)32(33(40)31(25)34(41)43-23)28(24-13-15-27(42-2)16-14-24)22-30(39)35-17-20-36-18-6-7-19-36/h4,10,13-16,21,23,28,38,40H,3,5-9,11-12,17-20,22H2,1-2H3,(H,35,39)/t23-,28?/m0/s1. The molecule has 0 radical (unpaired) electrons. The molecule has 43 heavy (non-hydrogen) atoms. The average Bonchev–Trinajstić information content (AvgIpc) is 3.49. The molecular formula is C34H44N2O7. The molecule has 1 fully saturated rings. The molecule has 0 aromatic heterocycles. The van der Waals surface area contributed by atoms with Gasteiger partial charge in [-0.05, 0) is 87.9 Å². The van der Waals surface area contributed by atoms with Crippen LogP contribution in [0.15, 0.2) is 36.4 Å². The van der Waals surface area contributed by atoms with Gasteiger partial charge in [0.15, 0.2) is 0 Å². The summed E-state index contributed by atoms with van der Waals surface area (Å²) in [6, 6.07) is 8.52. The zero-order valence-corrected chi connectivity index (χ0v) is 25.3. The minimum absolute atomic E-state index is 0.0540. The van der Waals surface area contributed by atoms with E-state index in [1.54, 1.807) is 44.4 Å². The van der Waals surface area contributed by atoms with Gasteiger partial charge in [-0.2, -0.15) is 0 Å². The molecule has 2 aliphatic heterocycles. The lowest BCUT2D eigenvalue weighted by Crippen LogP contribution is -2.34. The Morgan fingerprint density at radius 3 is 2.53 bits per heavy atom. The molecule has 2 aromatic rings. The maximum absolute atomic E-state index is 13.5. The van der Waals surface area contributed by atoms with Crippen molar-refractivity contribution in [1.82, 2.24) is 10.2 Å². The van der Waals surface area contributed by atoms with E-state index in [0.29, 0.717) is 61.9 Å². The largest absolute Gasteiger partial charge is 0.507 e. The van der Waals surface area contributed by atoms with Gasteiger partial charge < -0.3 is 29.9 Å². The smallest absolute Gasteiger partial charge is 0.342 e. The van der Waals surface area contributed by atoms with Gasteiger partial charge in [0.1, 0.15) is 28.6 Å². The van der Waals surface area contributed by atoms with Crippen LogP contribution in [0.4, 0.5) is 0 Å². The van der Waals surface area contributed by atoms with Crippen molar-refractivity contribution in [2.24, 2.45) is 0 Å². The SMILES string of the molecule is COc1ccc(C(CC(=O)NCCN2CCCC2)c2c(O)cc3c(c2O)C(=O)O[C@@H](C)CCCC(=O)CCCC=C3)cc1. The van der Waals surface area contributed by atoms with Crippen LogP contribution in [0, 0.1) is 0 Å². The number of Topliss-reactive ketones (excluding diaryl/α,β-unsaturated/α-hetero) is 1. The number of fused-ring (bicyclic) bond motifs is 1. The highest BCUT2D eigenvalue weighted by Gasteiger charge is 2.31. The average molecular weight is 593 g/mol. The third-order valence-electron chi connectivity index (χ3n) is 8.26. The molecule has 3 N–H and O–H groups in total. The molecule has 2 atom stereocenters. The lowest BCUT2D eigenvalue weighted by Gasteiger charge is -2.23. The molecule has 0 spiro atoms. The number of rotatable bonds is 8. The second kappa shape index (κ2) is 15.6. The summed E-state index contributed by atoms with van der Waals surface area (Å²) in [5.74, 6) is -1.54. The molecule has 1 amide bonds. The molecular weight excluding hydrogens is 548 g/mol. The zero-order chi connectivity index (χ0) is 30.8. The minimum atomic E-state index is -0.753. The number of ether oxygens (including phenoxy) is 2. The van der Waals surface area contributed by atoms with Crippen LogP contribution in [-0.4, -0.2) is 72.2 Å². The number of carbonyl (C=O) groups is 3. The second-order valence-corrected chi connectivity index (χ2v) is 11.5. The number of aromatic hydroxyl groups is 2. The Hall–Kier alpha value is -3.85. The predicted molar refractivity (Wildman–Crippen MR) is 165 cm³/mol. The van der Waals surface area contributed by atoms with E-state index in [9.17, 15) is 24.6 Å². The number of amides is 1. The monoisotopic (exact) mass is 592 g/mol. The van der Waals surface area contributed by atoms with Crippen LogP contribution in [0.5, 0.6) is 17.2 Å². The van der Waals surface area contributed by atoms with Gasteiger partial charge in [0.25, 0.3) is 0 Å². The van der Waals surface area contributed by atoms with Crippen LogP contribution >= 0.6 is 0 Å². The Kier molecular flexibility index (Phi) is 11.6. The fourth-order valence-corrected chi connectivity index (χ4v) is 5.86. The molecule has 0 saturated carbocycles. The molecule has 0 aliphatic carbocycles. The third kappa shape index (κ3) is 8.83. The van der Waals surface area contributed by atoms with Crippen LogP contribution in [-0.2, 0) is 14.3 Å². The molecule has 9 heteroatoms. The highest BCUT2D eigenvalue weighted by Crippen LogP contribution is 2.44. The summed E-state index contributed by atoms with van der Waals surface area (Å²) in [6.45, 7) is 5.08. The van der Waals surface area contributed by atoms with E-state index in [4.69, 9.17) is 9.47 Å². The number of phenolic OH excluding ortho intramolecular Hbond substituents is 2. The number of hydrogen-bond acceptors (Lipinski definition) is 8. The Labute approximate surface area is 253 Å². The summed E-state index contributed by atoms with van der Waals surface area (Å²) in [4.78, 5) is 41.1. The van der Waals surface area contributed by atoms with Crippen LogP contribution < -0.4 is 10.1 Å². The maximum atomic E-state index is 13.5. The van der Waals surface area contributed by atoms with Crippen molar-refractivity contribution in [3.05, 3.63) is 58.7 Å². The summed E-state index contributed by atoms with van der Waals surface area (Å²) < 4.78 is 11.0. The van der Waals surface area contributed by atoms with E-state index in [1.165, 1.54) is 18.9 Å². The normalized spacial score (nSPS) is 19.3. The number of methoxy groups -OCH3 is 1. The van der Waals surface area contributed by atoms with E-state index in [1.807, 2.05) is 6.08 Å². The van der Waals surface area contributed by atoms with Crippen molar-refractivity contribution < 1.29 is 34.1 Å². The number of hydrogen-bond donors (Lipinski definition) is 3. The summed E-state index contributed by atoms with van der Waals surface area (Å²) in [6.07, 6.45) is 8.60. The highest BCUT2D eigenvalue weighted by molar-refractivity contribution is 5.98. The quantitative estimate of drug-likeness (QED) is 0.352. The maximum Gasteiger partial charge on any atom is 0.342 e. The van der Waals surface area contributed by atoms with E-state index < -0.39 is 23.7 Å². The van der Waals surface area contributed by atoms with E-state index in [2.05, 4.69) is 10.2 Å². The number of carbonyl (C=O) groups excluding carboxylic acids is 3. The number of allylic oxidation sites excluding steroid dienone is 1. The number of phenols is 2. The molecule has 9 nitrogen and oxygen atoms in total. The van der Waals surface area contributed by atoms with Crippen molar-refractivity contribution in [3.63, 3.8) is 0 Å². The van der Waals surface area contributed by atoms with Gasteiger partial charge in [0.2, 0.25) is 5.91 Å². The first-order valence-corrected chi connectivity index (χ1v) is 15.4. The lowest BCUT2D eigenvalue weighted by molar-refractivity contribution is -0.121. The molecule has 232 valence electrons. The molecule has 2 aromatic carbocycles. The van der Waals surface area contributed by atoms with Crippen LogP contribution in [0.3, 0.4) is 0 Å². The van der Waals surface area contributed by atoms with Crippen LogP contribution in [0.25, 0.3) is 6.08 Å². The van der Waals surface area contributed by atoms with E-state index in [-0.39, 0.29) is 35.0 Å². The number of nitrogens with zero attached hydrogens (tertiary/aromatic N) is 1. The Morgan fingerprint density at radius 2 is 1.81 bits per heavy atom. The summed E-state index contributed by atoms with van der Waals surface area (Å²) >= 11 is 0. The predicted octanol–water partition coefficient (Wildman–Crippen LogP) is 5.32. The first kappa shape index (κ1) is 32.1. The van der Waals surface area contributed by atoms with Crippen molar-refractivity contribution >= 4 is 23.7 Å². The zero-order valence-electron chi connectivity index (χ0n) is 25.3. The molecule has 4 rings (SSSR count). The molecule has 2 heterocycles. The van der Waals surface area contributed by atoms with E-state index in [0.717, 1.165) is 19.6 Å². The lowest BCUT2D eigenvalue weighted by atomic mass is 9.84. The summed E-state index contributed by atoms with van der Waals surface area (Å²) in [5, 5.41) is 26.0. The van der Waals surface area contributed by atoms with Crippen LogP contribution in [0.2, 0.25) is 0 Å². The van der Waals surface area contributed by atoms with Gasteiger partial charge in [0.05, 0.1) is 13.2 Å². The minimum Gasteiger partial charge on any atom is -0.507 e. The molecule has 2 aliphatic rings. The van der Waals surface area contributed by atoms with Gasteiger partial charge in [-0.15, -0.1) is 0 Å². The van der Waals surface area contributed by atoms with E-state index >= 15 is 0 Å². The fourth-order valence-electron chi connectivity index (χ4n) is 5.86. The van der Waals surface area contributed by atoms with Gasteiger partial charge in [-0.3, -0.25) is 9.59 Å². The Balaban J connectivity index is 1.69. The number of esters is 1. The number of likely N-dealkylation sites (tertiary alicyclic amines) is 1. The first-order chi connectivity index (χ1) is 20.8. The van der Waals surface area contributed by atoms with Crippen LogP contribution in [0.1, 0.15) is 97.7 Å². The number of cyclic esters (lactones) is 1. The Bertz CT molecular complexity index is 1300. The second-order valence-electron chi connectivity index (χ2n) is 11.5. The first-order valence-electron chi connectivity index (χ1n) is 15.4. The van der Waals surface area contributed by atoms with Crippen molar-refractivity contribution in [1.29, 1.82) is 0 Å². The van der Waals surface area contributed by atoms with Gasteiger partial charge in [0, 0.05) is 43.8 Å². The molecule has 0 bridgehead atoms.